The number of benzene rings is 2. The van der Waals surface area contributed by atoms with Gasteiger partial charge >= 0.3 is 5.97 Å². The summed E-state index contributed by atoms with van der Waals surface area (Å²) < 4.78 is 15.5. The monoisotopic (exact) mass is 400 g/mol. The van der Waals surface area contributed by atoms with Crippen LogP contribution in [0, 0.1) is 0 Å². The number of carbonyl (C=O) groups excluding carboxylic acids is 1. The fourth-order valence-corrected chi connectivity index (χ4v) is 3.15. The first-order chi connectivity index (χ1) is 13.5. The maximum absolute atomic E-state index is 12.1. The van der Waals surface area contributed by atoms with Crippen LogP contribution in [-0.4, -0.2) is 32.3 Å². The summed E-state index contributed by atoms with van der Waals surface area (Å²) in [7, 11) is 4.43. The third-order valence-electron chi connectivity index (χ3n) is 4.42. The third-order valence-corrected chi connectivity index (χ3v) is 4.71. The van der Waals surface area contributed by atoms with E-state index in [9.17, 15) is 4.79 Å². The lowest BCUT2D eigenvalue weighted by atomic mass is 10.1. The van der Waals surface area contributed by atoms with E-state index in [1.807, 2.05) is 18.2 Å². The Balaban J connectivity index is 2.18. The van der Waals surface area contributed by atoms with Crippen LogP contribution in [0.4, 0.5) is 11.4 Å². The number of nitrogens with one attached hydrogen (secondary N) is 1. The first-order valence-electron chi connectivity index (χ1n) is 8.71. The normalized spacial score (nSPS) is 10.6. The number of methoxy groups -OCH3 is 3. The average Bonchev–Trinajstić information content (AvgIpc) is 2.72. The number of hydrogen-bond donors (Lipinski definition) is 1. The highest BCUT2D eigenvalue weighted by molar-refractivity contribution is 6.32. The Kier molecular flexibility index (Phi) is 5.90. The van der Waals surface area contributed by atoms with Crippen LogP contribution in [0.25, 0.3) is 10.9 Å². The van der Waals surface area contributed by atoms with Crippen molar-refractivity contribution in [1.29, 1.82) is 0 Å². The molecule has 1 heterocycles. The van der Waals surface area contributed by atoms with Gasteiger partial charge in [0.2, 0.25) is 0 Å². The lowest BCUT2D eigenvalue weighted by molar-refractivity contribution is 0.0594. The van der Waals surface area contributed by atoms with E-state index in [4.69, 9.17) is 25.8 Å². The number of ether oxygens (including phenoxy) is 3. The van der Waals surface area contributed by atoms with E-state index in [1.165, 1.54) is 7.11 Å². The van der Waals surface area contributed by atoms with Crippen molar-refractivity contribution in [2.45, 2.75) is 13.3 Å². The number of aryl methyl sites for hydroxylation is 1. The van der Waals surface area contributed by atoms with Crippen molar-refractivity contribution >= 4 is 39.8 Å². The summed E-state index contributed by atoms with van der Waals surface area (Å²) in [5.41, 5.74) is 3.38. The molecule has 1 N–H and O–H groups in total. The number of hydrogen-bond acceptors (Lipinski definition) is 6. The number of fused-ring (bicyclic) bond motifs is 1. The maximum Gasteiger partial charge on any atom is 0.356 e. The molecule has 0 unspecified atom stereocenters. The fraction of sp³-hybridized carbons (Fsp3) is 0.238. The number of pyridine rings is 1. The molecule has 0 atom stereocenters. The molecule has 1 aromatic heterocycles. The molecule has 0 amide bonds. The van der Waals surface area contributed by atoms with Gasteiger partial charge in [-0.15, -0.1) is 0 Å². The highest BCUT2D eigenvalue weighted by atomic mass is 35.5. The second-order valence-corrected chi connectivity index (χ2v) is 6.47. The van der Waals surface area contributed by atoms with Gasteiger partial charge < -0.3 is 19.5 Å². The zero-order valence-corrected chi connectivity index (χ0v) is 16.9. The van der Waals surface area contributed by atoms with Crippen molar-refractivity contribution in [3.05, 3.63) is 52.7 Å². The Labute approximate surface area is 168 Å². The minimum Gasteiger partial charge on any atom is -0.495 e. The van der Waals surface area contributed by atoms with Crippen molar-refractivity contribution in [2.24, 2.45) is 0 Å². The molecule has 0 radical (unpaired) electrons. The van der Waals surface area contributed by atoms with Crippen molar-refractivity contribution in [2.75, 3.05) is 26.6 Å². The van der Waals surface area contributed by atoms with Gasteiger partial charge in [0, 0.05) is 11.5 Å². The first kappa shape index (κ1) is 19.8. The van der Waals surface area contributed by atoms with E-state index in [2.05, 4.69) is 17.2 Å². The van der Waals surface area contributed by atoms with Crippen LogP contribution in [0.5, 0.6) is 11.5 Å². The van der Waals surface area contributed by atoms with E-state index in [0.717, 1.165) is 17.4 Å². The molecule has 0 saturated carbocycles. The molecule has 0 bridgehead atoms. The molecule has 6 nitrogen and oxygen atoms in total. The molecule has 0 aliphatic carbocycles. The molecule has 7 heteroatoms. The zero-order chi connectivity index (χ0) is 20.3. The summed E-state index contributed by atoms with van der Waals surface area (Å²) in [6.07, 6.45) is 0.881. The molecule has 0 spiro atoms. The van der Waals surface area contributed by atoms with Gasteiger partial charge in [-0.25, -0.2) is 9.78 Å². The summed E-state index contributed by atoms with van der Waals surface area (Å²) in [4.78, 5) is 16.5. The van der Waals surface area contributed by atoms with Gasteiger partial charge in [-0.2, -0.15) is 0 Å². The van der Waals surface area contributed by atoms with Crippen LogP contribution >= 0.6 is 11.6 Å². The molecule has 3 rings (SSSR count). The summed E-state index contributed by atoms with van der Waals surface area (Å²) in [5.74, 6) is 0.550. The van der Waals surface area contributed by atoms with Crippen molar-refractivity contribution in [3.8, 4) is 11.5 Å². The number of anilines is 2. The van der Waals surface area contributed by atoms with Crippen LogP contribution in [0.1, 0.15) is 23.0 Å². The molecule has 0 saturated heterocycles. The third kappa shape index (κ3) is 3.82. The SMILES string of the molecule is CCc1ccc2nc(C(=O)OC)cc(Nc3cc(Cl)c(OC)cc3OC)c2c1. The Hall–Kier alpha value is -2.99. The van der Waals surface area contributed by atoms with E-state index < -0.39 is 5.97 Å². The molecule has 0 aliphatic rings. The second-order valence-electron chi connectivity index (χ2n) is 6.06. The minimum absolute atomic E-state index is 0.209. The van der Waals surface area contributed by atoms with Crippen LogP contribution in [0.2, 0.25) is 5.02 Å². The fourth-order valence-electron chi connectivity index (χ4n) is 2.91. The van der Waals surface area contributed by atoms with Crippen LogP contribution in [0.3, 0.4) is 0 Å². The highest BCUT2D eigenvalue weighted by Gasteiger charge is 2.16. The first-order valence-corrected chi connectivity index (χ1v) is 9.09. The predicted octanol–water partition coefficient (Wildman–Crippen LogP) is 5.00. The molecule has 3 aromatic rings. The van der Waals surface area contributed by atoms with E-state index in [-0.39, 0.29) is 5.69 Å². The van der Waals surface area contributed by atoms with Gasteiger partial charge in [0.25, 0.3) is 0 Å². The zero-order valence-electron chi connectivity index (χ0n) is 16.1. The highest BCUT2D eigenvalue weighted by Crippen LogP contribution is 2.38. The molecule has 0 aliphatic heterocycles. The quantitative estimate of drug-likeness (QED) is 0.587. The lowest BCUT2D eigenvalue weighted by Gasteiger charge is -2.16. The van der Waals surface area contributed by atoms with Gasteiger partial charge in [0.15, 0.2) is 5.69 Å². The van der Waals surface area contributed by atoms with Crippen LogP contribution < -0.4 is 14.8 Å². The number of esters is 1. The summed E-state index contributed by atoms with van der Waals surface area (Å²) in [6.45, 7) is 2.08. The van der Waals surface area contributed by atoms with Gasteiger partial charge in [-0.3, -0.25) is 0 Å². The van der Waals surface area contributed by atoms with Crippen molar-refractivity contribution < 1.29 is 19.0 Å². The Morgan fingerprint density at radius 2 is 1.79 bits per heavy atom. The Bertz CT molecular complexity index is 1040. The average molecular weight is 401 g/mol. The Morgan fingerprint density at radius 3 is 2.43 bits per heavy atom. The van der Waals surface area contributed by atoms with Crippen molar-refractivity contribution in [3.63, 3.8) is 0 Å². The number of nitrogens with zero attached hydrogens (tertiary/aromatic N) is 1. The molecule has 146 valence electrons. The predicted molar refractivity (Wildman–Crippen MR) is 110 cm³/mol. The number of carbonyl (C=O) groups is 1. The van der Waals surface area contributed by atoms with Crippen LogP contribution in [-0.2, 0) is 11.2 Å². The van der Waals surface area contributed by atoms with Crippen LogP contribution in [0.15, 0.2) is 36.4 Å². The van der Waals surface area contributed by atoms with E-state index in [0.29, 0.717) is 33.4 Å². The summed E-state index contributed by atoms with van der Waals surface area (Å²) in [5, 5.41) is 4.63. The summed E-state index contributed by atoms with van der Waals surface area (Å²) in [6, 6.07) is 11.0. The van der Waals surface area contributed by atoms with Crippen molar-refractivity contribution in [1.82, 2.24) is 4.98 Å². The topological polar surface area (TPSA) is 69.7 Å². The lowest BCUT2D eigenvalue weighted by Crippen LogP contribution is -2.06. The molecule has 0 fully saturated rings. The minimum atomic E-state index is -0.510. The molecule has 2 aromatic carbocycles. The molecular weight excluding hydrogens is 380 g/mol. The molecular formula is C21H21ClN2O4. The summed E-state index contributed by atoms with van der Waals surface area (Å²) >= 11 is 6.29. The number of halogens is 1. The van der Waals surface area contributed by atoms with Gasteiger partial charge in [-0.05, 0) is 36.2 Å². The van der Waals surface area contributed by atoms with Gasteiger partial charge in [0.05, 0.1) is 43.2 Å². The second kappa shape index (κ2) is 8.35. The maximum atomic E-state index is 12.1. The van der Waals surface area contributed by atoms with Gasteiger partial charge in [0.1, 0.15) is 11.5 Å². The van der Waals surface area contributed by atoms with E-state index in [1.54, 1.807) is 32.4 Å². The smallest absolute Gasteiger partial charge is 0.356 e. The Morgan fingerprint density at radius 1 is 1.04 bits per heavy atom. The largest absolute Gasteiger partial charge is 0.495 e. The number of rotatable bonds is 6. The number of aromatic nitrogens is 1. The van der Waals surface area contributed by atoms with Gasteiger partial charge in [-0.1, -0.05) is 24.6 Å². The van der Waals surface area contributed by atoms with E-state index >= 15 is 0 Å². The molecule has 28 heavy (non-hydrogen) atoms. The standard InChI is InChI=1S/C21H21ClN2O4/c1-5-12-6-7-15-13(8-12)16(10-18(23-15)21(25)28-4)24-17-9-14(22)19(26-2)11-20(17)27-3/h6-11H,5H2,1-4H3,(H,23,24).